The first-order valence-electron chi connectivity index (χ1n) is 6.28. The Hall–Kier alpha value is -1.98. The van der Waals surface area contributed by atoms with Crippen LogP contribution in [-0.4, -0.2) is 28.9 Å². The monoisotopic (exact) mass is 283 g/mol. The number of carbonyl (C=O) groups is 2. The summed E-state index contributed by atoms with van der Waals surface area (Å²) in [5, 5.41) is 9.26. The number of aliphatic carboxylic acids is 1. The number of carboxylic acids is 1. The lowest BCUT2D eigenvalue weighted by Gasteiger charge is -2.37. The lowest BCUT2D eigenvalue weighted by atomic mass is 9.84. The highest BCUT2D eigenvalue weighted by molar-refractivity contribution is 5.81. The number of benzene rings is 1. The molecule has 0 bridgehead atoms. The van der Waals surface area contributed by atoms with Crippen LogP contribution in [0, 0.1) is 5.92 Å². The highest BCUT2D eigenvalue weighted by Gasteiger charge is 2.38. The summed E-state index contributed by atoms with van der Waals surface area (Å²) in [6.45, 7) is 0. The van der Waals surface area contributed by atoms with E-state index in [9.17, 15) is 23.5 Å². The molecule has 1 aliphatic rings. The summed E-state index contributed by atoms with van der Waals surface area (Å²) < 4.78 is 25.1. The first kappa shape index (κ1) is 14.4. The molecule has 2 atom stereocenters. The maximum atomic E-state index is 12.5. The standard InChI is InChI=1S/C14H15F2NO3/c1-17-11(18)7-6-10(14(19)20)12(17)8-2-4-9(5-3-8)13(15)16/h2-5,10,12-13H,6-7H2,1H3,(H,19,20). The van der Waals surface area contributed by atoms with Gasteiger partial charge < -0.3 is 10.0 Å². The number of halogens is 2. The van der Waals surface area contributed by atoms with Crippen molar-refractivity contribution in [2.24, 2.45) is 5.92 Å². The van der Waals surface area contributed by atoms with Crippen LogP contribution in [0.4, 0.5) is 8.78 Å². The van der Waals surface area contributed by atoms with Crippen LogP contribution in [0.3, 0.4) is 0 Å². The van der Waals surface area contributed by atoms with Crippen LogP contribution in [-0.2, 0) is 9.59 Å². The molecule has 2 rings (SSSR count). The molecule has 108 valence electrons. The average Bonchev–Trinajstić information content (AvgIpc) is 2.41. The quantitative estimate of drug-likeness (QED) is 0.927. The van der Waals surface area contributed by atoms with Gasteiger partial charge in [-0.15, -0.1) is 0 Å². The number of hydrogen-bond donors (Lipinski definition) is 1. The Morgan fingerprint density at radius 1 is 1.35 bits per heavy atom. The Balaban J connectivity index is 2.34. The third-order valence-electron chi connectivity index (χ3n) is 3.71. The van der Waals surface area contributed by atoms with Crippen molar-refractivity contribution in [1.29, 1.82) is 0 Å². The van der Waals surface area contributed by atoms with Crippen molar-refractivity contribution in [2.75, 3.05) is 7.05 Å². The molecular weight excluding hydrogens is 268 g/mol. The van der Waals surface area contributed by atoms with Crippen molar-refractivity contribution in [3.05, 3.63) is 35.4 Å². The zero-order valence-corrected chi connectivity index (χ0v) is 10.9. The number of likely N-dealkylation sites (tertiary alicyclic amines) is 1. The minimum Gasteiger partial charge on any atom is -0.481 e. The number of amides is 1. The molecule has 6 heteroatoms. The Kier molecular flexibility index (Phi) is 4.01. The molecule has 1 N–H and O–H groups in total. The maximum absolute atomic E-state index is 12.5. The molecule has 4 nitrogen and oxygen atoms in total. The molecule has 2 unspecified atom stereocenters. The summed E-state index contributed by atoms with van der Waals surface area (Å²) >= 11 is 0. The normalized spacial score (nSPS) is 23.2. The van der Waals surface area contributed by atoms with Gasteiger partial charge in [-0.1, -0.05) is 24.3 Å². The third-order valence-corrected chi connectivity index (χ3v) is 3.71. The predicted molar refractivity (Wildman–Crippen MR) is 67.3 cm³/mol. The topological polar surface area (TPSA) is 57.6 Å². The number of hydrogen-bond acceptors (Lipinski definition) is 2. The summed E-state index contributed by atoms with van der Waals surface area (Å²) in [5.74, 6) is -1.83. The molecule has 1 saturated heterocycles. The van der Waals surface area contributed by atoms with Crippen LogP contribution < -0.4 is 0 Å². The molecule has 0 radical (unpaired) electrons. The second-order valence-corrected chi connectivity index (χ2v) is 4.90. The number of piperidine rings is 1. The molecule has 1 aliphatic heterocycles. The Morgan fingerprint density at radius 3 is 2.45 bits per heavy atom. The zero-order chi connectivity index (χ0) is 14.9. The predicted octanol–water partition coefficient (Wildman–Crippen LogP) is 2.62. The Morgan fingerprint density at radius 2 is 1.95 bits per heavy atom. The lowest BCUT2D eigenvalue weighted by Crippen LogP contribution is -2.42. The molecule has 1 aromatic carbocycles. The molecule has 20 heavy (non-hydrogen) atoms. The molecular formula is C14H15F2NO3. The second kappa shape index (κ2) is 5.56. The number of rotatable bonds is 3. The van der Waals surface area contributed by atoms with Crippen molar-refractivity contribution in [2.45, 2.75) is 25.3 Å². The van der Waals surface area contributed by atoms with E-state index in [1.54, 1.807) is 7.05 Å². The lowest BCUT2D eigenvalue weighted by molar-refractivity contribution is -0.150. The van der Waals surface area contributed by atoms with E-state index < -0.39 is 24.4 Å². The first-order valence-corrected chi connectivity index (χ1v) is 6.28. The minimum absolute atomic E-state index is 0.120. The van der Waals surface area contributed by atoms with Gasteiger partial charge >= 0.3 is 5.97 Å². The van der Waals surface area contributed by atoms with E-state index >= 15 is 0 Å². The highest BCUT2D eigenvalue weighted by Crippen LogP contribution is 2.36. The van der Waals surface area contributed by atoms with Crippen LogP contribution >= 0.6 is 0 Å². The summed E-state index contributed by atoms with van der Waals surface area (Å²) in [6.07, 6.45) is -2.11. The van der Waals surface area contributed by atoms with Gasteiger partial charge in [-0.25, -0.2) is 8.78 Å². The van der Waals surface area contributed by atoms with E-state index in [1.807, 2.05) is 0 Å². The van der Waals surface area contributed by atoms with Crippen LogP contribution in [0.2, 0.25) is 0 Å². The Labute approximate surface area is 115 Å². The van der Waals surface area contributed by atoms with Gasteiger partial charge in [0.2, 0.25) is 5.91 Å². The molecule has 1 amide bonds. The summed E-state index contributed by atoms with van der Waals surface area (Å²) in [4.78, 5) is 24.4. The van der Waals surface area contributed by atoms with E-state index in [1.165, 1.54) is 29.2 Å². The largest absolute Gasteiger partial charge is 0.481 e. The van der Waals surface area contributed by atoms with Gasteiger partial charge in [0.1, 0.15) is 0 Å². The molecule has 0 aliphatic carbocycles. The highest BCUT2D eigenvalue weighted by atomic mass is 19.3. The van der Waals surface area contributed by atoms with Gasteiger partial charge in [-0.3, -0.25) is 9.59 Å². The van der Waals surface area contributed by atoms with Crippen molar-refractivity contribution in [3.8, 4) is 0 Å². The zero-order valence-electron chi connectivity index (χ0n) is 10.9. The summed E-state index contributed by atoms with van der Waals surface area (Å²) in [6, 6.07) is 4.87. The van der Waals surface area contributed by atoms with Crippen LogP contribution in [0.1, 0.15) is 36.4 Å². The molecule has 0 aromatic heterocycles. The van der Waals surface area contributed by atoms with E-state index in [4.69, 9.17) is 0 Å². The minimum atomic E-state index is -2.56. The average molecular weight is 283 g/mol. The number of alkyl halides is 2. The SMILES string of the molecule is CN1C(=O)CCC(C(=O)O)C1c1ccc(C(F)F)cc1. The van der Waals surface area contributed by atoms with E-state index in [2.05, 4.69) is 0 Å². The number of carboxylic acid groups (broad SMARTS) is 1. The van der Waals surface area contributed by atoms with Gasteiger partial charge in [-0.05, 0) is 12.0 Å². The number of nitrogens with zero attached hydrogens (tertiary/aromatic N) is 1. The van der Waals surface area contributed by atoms with Gasteiger partial charge in [0.05, 0.1) is 12.0 Å². The fourth-order valence-electron chi connectivity index (χ4n) is 2.59. The molecule has 0 saturated carbocycles. The van der Waals surface area contributed by atoms with Gasteiger partial charge in [0, 0.05) is 19.0 Å². The number of carbonyl (C=O) groups excluding carboxylic acids is 1. The first-order chi connectivity index (χ1) is 9.41. The van der Waals surface area contributed by atoms with Gasteiger partial charge in [0.25, 0.3) is 6.43 Å². The summed E-state index contributed by atoms with van der Waals surface area (Å²) in [7, 11) is 1.54. The fourth-order valence-corrected chi connectivity index (χ4v) is 2.59. The molecule has 1 heterocycles. The van der Waals surface area contributed by atoms with Crippen molar-refractivity contribution in [3.63, 3.8) is 0 Å². The van der Waals surface area contributed by atoms with Crippen LogP contribution in [0.5, 0.6) is 0 Å². The van der Waals surface area contributed by atoms with Crippen LogP contribution in [0.15, 0.2) is 24.3 Å². The smallest absolute Gasteiger partial charge is 0.308 e. The van der Waals surface area contributed by atoms with E-state index in [0.717, 1.165) is 0 Å². The molecule has 1 aromatic rings. The van der Waals surface area contributed by atoms with E-state index in [-0.39, 0.29) is 24.3 Å². The fraction of sp³-hybridized carbons (Fsp3) is 0.429. The maximum Gasteiger partial charge on any atom is 0.308 e. The molecule has 1 fully saturated rings. The van der Waals surface area contributed by atoms with E-state index in [0.29, 0.717) is 5.56 Å². The van der Waals surface area contributed by atoms with Crippen LogP contribution in [0.25, 0.3) is 0 Å². The van der Waals surface area contributed by atoms with Gasteiger partial charge in [-0.2, -0.15) is 0 Å². The second-order valence-electron chi connectivity index (χ2n) is 4.90. The van der Waals surface area contributed by atoms with Gasteiger partial charge in [0.15, 0.2) is 0 Å². The molecule has 0 spiro atoms. The van der Waals surface area contributed by atoms with Crippen molar-refractivity contribution >= 4 is 11.9 Å². The van der Waals surface area contributed by atoms with Crippen molar-refractivity contribution < 1.29 is 23.5 Å². The third kappa shape index (κ3) is 2.64. The van der Waals surface area contributed by atoms with Crippen molar-refractivity contribution in [1.82, 2.24) is 4.90 Å². The Bertz CT molecular complexity index is 516. The summed E-state index contributed by atoms with van der Waals surface area (Å²) in [5.41, 5.74) is 0.447.